The van der Waals surface area contributed by atoms with Crippen molar-refractivity contribution in [2.45, 2.75) is 46.0 Å². The van der Waals surface area contributed by atoms with E-state index in [9.17, 15) is 4.79 Å². The van der Waals surface area contributed by atoms with Gasteiger partial charge in [0.05, 0.1) is 5.52 Å². The lowest BCUT2D eigenvalue weighted by Crippen LogP contribution is -2.22. The first-order valence-electron chi connectivity index (χ1n) is 8.09. The summed E-state index contributed by atoms with van der Waals surface area (Å²) in [6, 6.07) is 9.95. The number of para-hydroxylation sites is 1. The van der Waals surface area contributed by atoms with Crippen molar-refractivity contribution < 1.29 is 4.79 Å². The first kappa shape index (κ1) is 14.2. The summed E-state index contributed by atoms with van der Waals surface area (Å²) in [4.78, 5) is 17.5. The quantitative estimate of drug-likeness (QED) is 0.746. The molecule has 1 aromatic carbocycles. The molecule has 0 radical (unpaired) electrons. The minimum atomic E-state index is 0.206. The summed E-state index contributed by atoms with van der Waals surface area (Å²) in [5.41, 5.74) is 2.74. The fraction of sp³-hybridized carbons (Fsp3) is 0.474. The van der Waals surface area contributed by atoms with Crippen LogP contribution in [-0.2, 0) is 0 Å². The molecule has 0 unspecified atom stereocenters. The molecule has 1 aliphatic rings. The van der Waals surface area contributed by atoms with E-state index in [1.807, 2.05) is 37.3 Å². The number of fused-ring (bicyclic) bond motifs is 1. The van der Waals surface area contributed by atoms with Crippen molar-refractivity contribution in [2.75, 3.05) is 0 Å². The van der Waals surface area contributed by atoms with Crippen LogP contribution in [0.5, 0.6) is 0 Å². The molecule has 1 aliphatic carbocycles. The van der Waals surface area contributed by atoms with Crippen molar-refractivity contribution in [1.29, 1.82) is 0 Å². The van der Waals surface area contributed by atoms with Gasteiger partial charge >= 0.3 is 0 Å². The Labute approximate surface area is 126 Å². The van der Waals surface area contributed by atoms with Gasteiger partial charge in [-0.15, -0.1) is 0 Å². The van der Waals surface area contributed by atoms with Crippen LogP contribution < -0.4 is 0 Å². The number of Topliss-reactive ketones (excluding diaryl/α,β-unsaturated/α-hetero) is 1. The Morgan fingerprint density at radius 2 is 1.90 bits per heavy atom. The zero-order valence-electron chi connectivity index (χ0n) is 12.9. The molecular weight excluding hydrogens is 258 g/mol. The first-order chi connectivity index (χ1) is 10.2. The Bertz CT molecular complexity index is 654. The number of carbonyl (C=O) groups is 1. The van der Waals surface area contributed by atoms with Gasteiger partial charge in [0.2, 0.25) is 0 Å². The number of carbonyl (C=O) groups excluding carboxylic acids is 1. The average Bonchev–Trinajstić information content (AvgIpc) is 2.53. The third-order valence-electron chi connectivity index (χ3n) is 4.90. The number of aryl methyl sites for hydroxylation is 1. The smallest absolute Gasteiger partial charge is 0.166 e. The van der Waals surface area contributed by atoms with Gasteiger partial charge in [0.25, 0.3) is 0 Å². The largest absolute Gasteiger partial charge is 0.294 e. The van der Waals surface area contributed by atoms with E-state index in [1.54, 1.807) is 0 Å². The topological polar surface area (TPSA) is 30.0 Å². The van der Waals surface area contributed by atoms with Gasteiger partial charge in [0.15, 0.2) is 5.78 Å². The second-order valence-corrected chi connectivity index (χ2v) is 6.32. The maximum Gasteiger partial charge on any atom is 0.166 e. The molecule has 2 heteroatoms. The first-order valence-corrected chi connectivity index (χ1v) is 8.09. The van der Waals surface area contributed by atoms with E-state index >= 15 is 0 Å². The summed E-state index contributed by atoms with van der Waals surface area (Å²) in [5, 5.41) is 1.01. The standard InChI is InChI=1S/C19H23NO/c1-3-14-8-10-15(11-9-14)19(21)17-12-13(2)20-18-7-5-4-6-16(17)18/h4-7,12,14-15H,3,8-11H2,1-2H3. The van der Waals surface area contributed by atoms with Gasteiger partial charge in [-0.3, -0.25) is 9.78 Å². The van der Waals surface area contributed by atoms with Crippen LogP contribution >= 0.6 is 0 Å². The van der Waals surface area contributed by atoms with E-state index in [0.717, 1.165) is 40.9 Å². The number of pyridine rings is 1. The Morgan fingerprint density at radius 3 is 2.62 bits per heavy atom. The number of benzene rings is 1. The van der Waals surface area contributed by atoms with E-state index in [2.05, 4.69) is 11.9 Å². The van der Waals surface area contributed by atoms with E-state index in [0.29, 0.717) is 5.78 Å². The molecule has 3 rings (SSSR count). The molecule has 0 bridgehead atoms. The van der Waals surface area contributed by atoms with Crippen molar-refractivity contribution in [1.82, 2.24) is 4.98 Å². The predicted octanol–water partition coefficient (Wildman–Crippen LogP) is 4.94. The monoisotopic (exact) mass is 281 g/mol. The summed E-state index contributed by atoms with van der Waals surface area (Å²) in [6.45, 7) is 4.23. The summed E-state index contributed by atoms with van der Waals surface area (Å²) < 4.78 is 0. The third kappa shape index (κ3) is 2.85. The van der Waals surface area contributed by atoms with E-state index < -0.39 is 0 Å². The molecule has 2 nitrogen and oxygen atoms in total. The molecule has 1 saturated carbocycles. The fourth-order valence-electron chi connectivity index (χ4n) is 3.56. The Balaban J connectivity index is 1.91. The molecule has 0 atom stereocenters. The van der Waals surface area contributed by atoms with Crippen LogP contribution in [0.3, 0.4) is 0 Å². The fourth-order valence-corrected chi connectivity index (χ4v) is 3.56. The van der Waals surface area contributed by atoms with Gasteiger partial charge in [0.1, 0.15) is 0 Å². The number of hydrogen-bond donors (Lipinski definition) is 0. The van der Waals surface area contributed by atoms with Crippen molar-refractivity contribution in [3.63, 3.8) is 0 Å². The normalized spacial score (nSPS) is 22.4. The molecule has 110 valence electrons. The zero-order chi connectivity index (χ0) is 14.8. The van der Waals surface area contributed by atoms with Crippen LogP contribution in [0.2, 0.25) is 0 Å². The van der Waals surface area contributed by atoms with Crippen LogP contribution in [0.4, 0.5) is 0 Å². The van der Waals surface area contributed by atoms with E-state index in [4.69, 9.17) is 0 Å². The van der Waals surface area contributed by atoms with Gasteiger partial charge in [0, 0.05) is 22.6 Å². The van der Waals surface area contributed by atoms with Crippen LogP contribution in [-0.4, -0.2) is 10.8 Å². The zero-order valence-corrected chi connectivity index (χ0v) is 12.9. The molecule has 0 aliphatic heterocycles. The average molecular weight is 281 g/mol. The van der Waals surface area contributed by atoms with E-state index in [1.165, 1.54) is 19.3 Å². The maximum atomic E-state index is 12.9. The molecule has 0 saturated heterocycles. The molecule has 0 N–H and O–H groups in total. The van der Waals surface area contributed by atoms with Crippen molar-refractivity contribution in [3.05, 3.63) is 41.6 Å². The summed E-state index contributed by atoms with van der Waals surface area (Å²) >= 11 is 0. The highest BCUT2D eigenvalue weighted by molar-refractivity contribution is 6.08. The molecule has 1 fully saturated rings. The van der Waals surface area contributed by atoms with Crippen LogP contribution in [0.25, 0.3) is 10.9 Å². The lowest BCUT2D eigenvalue weighted by Gasteiger charge is -2.27. The van der Waals surface area contributed by atoms with Crippen LogP contribution in [0.1, 0.15) is 55.1 Å². The highest BCUT2D eigenvalue weighted by atomic mass is 16.1. The van der Waals surface area contributed by atoms with Gasteiger partial charge in [-0.25, -0.2) is 0 Å². The lowest BCUT2D eigenvalue weighted by molar-refractivity contribution is 0.0872. The minimum Gasteiger partial charge on any atom is -0.294 e. The second kappa shape index (κ2) is 5.97. The van der Waals surface area contributed by atoms with Crippen molar-refractivity contribution in [3.8, 4) is 0 Å². The van der Waals surface area contributed by atoms with Gasteiger partial charge in [-0.05, 0) is 50.7 Å². The summed E-state index contributed by atoms with van der Waals surface area (Å²) in [6.07, 6.45) is 5.75. The highest BCUT2D eigenvalue weighted by Crippen LogP contribution is 2.33. The van der Waals surface area contributed by atoms with Crippen LogP contribution in [0, 0.1) is 18.8 Å². The summed E-state index contributed by atoms with van der Waals surface area (Å²) in [7, 11) is 0. The minimum absolute atomic E-state index is 0.206. The number of rotatable bonds is 3. The van der Waals surface area contributed by atoms with Crippen molar-refractivity contribution >= 4 is 16.7 Å². The number of hydrogen-bond acceptors (Lipinski definition) is 2. The van der Waals surface area contributed by atoms with E-state index in [-0.39, 0.29) is 5.92 Å². The Hall–Kier alpha value is -1.70. The Morgan fingerprint density at radius 1 is 1.19 bits per heavy atom. The molecule has 1 aromatic heterocycles. The van der Waals surface area contributed by atoms with Gasteiger partial charge in [-0.2, -0.15) is 0 Å². The Kier molecular flexibility index (Phi) is 4.05. The lowest BCUT2D eigenvalue weighted by atomic mass is 9.77. The highest BCUT2D eigenvalue weighted by Gasteiger charge is 2.27. The van der Waals surface area contributed by atoms with Crippen molar-refractivity contribution in [2.24, 2.45) is 11.8 Å². The van der Waals surface area contributed by atoms with Gasteiger partial charge in [-0.1, -0.05) is 31.5 Å². The number of aromatic nitrogens is 1. The maximum absolute atomic E-state index is 12.9. The number of ketones is 1. The molecule has 0 spiro atoms. The molecule has 21 heavy (non-hydrogen) atoms. The molecular formula is C19H23NO. The third-order valence-corrected chi connectivity index (χ3v) is 4.90. The summed E-state index contributed by atoms with van der Waals surface area (Å²) in [5.74, 6) is 1.36. The van der Waals surface area contributed by atoms with Crippen LogP contribution in [0.15, 0.2) is 30.3 Å². The van der Waals surface area contributed by atoms with Gasteiger partial charge < -0.3 is 0 Å². The SMILES string of the molecule is CCC1CCC(C(=O)c2cc(C)nc3ccccc23)CC1. The molecule has 2 aromatic rings. The molecule has 1 heterocycles. The second-order valence-electron chi connectivity index (χ2n) is 6.32. The molecule has 0 amide bonds. The number of nitrogens with zero attached hydrogens (tertiary/aromatic N) is 1. The predicted molar refractivity (Wildman–Crippen MR) is 86.5 cm³/mol.